The molecule has 0 aliphatic carbocycles. The van der Waals surface area contributed by atoms with Crippen LogP contribution in [0.1, 0.15) is 45.7 Å². The third-order valence-electron chi connectivity index (χ3n) is 6.02. The minimum absolute atomic E-state index is 0.0535. The number of hydrogen-bond acceptors (Lipinski definition) is 4. The number of carbonyl (C=O) groups excluding carboxylic acids is 2. The summed E-state index contributed by atoms with van der Waals surface area (Å²) in [6.45, 7) is 11.3. The minimum atomic E-state index is -0.841. The van der Waals surface area contributed by atoms with Crippen molar-refractivity contribution in [2.75, 3.05) is 31.5 Å². The molecule has 0 saturated carbocycles. The van der Waals surface area contributed by atoms with Crippen LogP contribution in [0.2, 0.25) is 5.02 Å². The van der Waals surface area contributed by atoms with Gasteiger partial charge in [-0.25, -0.2) is 0 Å². The second-order valence-corrected chi connectivity index (χ2v) is 9.07. The average Bonchev–Trinajstić information content (AvgIpc) is 2.92. The molecule has 7 heteroatoms. The summed E-state index contributed by atoms with van der Waals surface area (Å²) >= 11 is 6.33. The standard InChI is InChI=1S/C26H34ClN3O3/c1-5-29(6-2)15-10-16-30-23(25(31)28-20-11-8-7-9-12-20)21-17-19(27)13-14-22(21)33-24(18(3)4)26(30)32/h7-9,11-14,17-18,23-24H,5-6,10,15-16H2,1-4H3,(H,28,31). The lowest BCUT2D eigenvalue weighted by Gasteiger charge is -2.32. The topological polar surface area (TPSA) is 61.9 Å². The molecule has 0 spiro atoms. The van der Waals surface area contributed by atoms with Gasteiger partial charge >= 0.3 is 0 Å². The van der Waals surface area contributed by atoms with Gasteiger partial charge in [-0.05, 0) is 62.3 Å². The minimum Gasteiger partial charge on any atom is -0.480 e. The number of carbonyl (C=O) groups is 2. The quantitative estimate of drug-likeness (QED) is 0.559. The summed E-state index contributed by atoms with van der Waals surface area (Å²) in [7, 11) is 0. The van der Waals surface area contributed by atoms with Gasteiger partial charge < -0.3 is 19.9 Å². The molecule has 1 N–H and O–H groups in total. The average molecular weight is 472 g/mol. The van der Waals surface area contributed by atoms with Crippen molar-refractivity contribution < 1.29 is 14.3 Å². The van der Waals surface area contributed by atoms with Crippen molar-refractivity contribution in [3.63, 3.8) is 0 Å². The van der Waals surface area contributed by atoms with E-state index >= 15 is 0 Å². The molecule has 0 aromatic heterocycles. The second-order valence-electron chi connectivity index (χ2n) is 8.63. The highest BCUT2D eigenvalue weighted by Gasteiger charge is 2.41. The van der Waals surface area contributed by atoms with Crippen LogP contribution < -0.4 is 10.1 Å². The molecule has 0 saturated heterocycles. The van der Waals surface area contributed by atoms with E-state index < -0.39 is 12.1 Å². The molecule has 33 heavy (non-hydrogen) atoms. The van der Waals surface area contributed by atoms with Crippen LogP contribution in [0.25, 0.3) is 0 Å². The highest BCUT2D eigenvalue weighted by Crippen LogP contribution is 2.38. The van der Waals surface area contributed by atoms with Gasteiger partial charge in [-0.1, -0.05) is 57.5 Å². The number of ether oxygens (including phenoxy) is 1. The summed E-state index contributed by atoms with van der Waals surface area (Å²) in [5.41, 5.74) is 1.28. The summed E-state index contributed by atoms with van der Waals surface area (Å²) < 4.78 is 6.18. The molecule has 2 aromatic carbocycles. The van der Waals surface area contributed by atoms with Gasteiger partial charge in [0, 0.05) is 22.8 Å². The van der Waals surface area contributed by atoms with Gasteiger partial charge in [0.05, 0.1) is 0 Å². The van der Waals surface area contributed by atoms with E-state index in [9.17, 15) is 9.59 Å². The van der Waals surface area contributed by atoms with Crippen molar-refractivity contribution >= 4 is 29.1 Å². The van der Waals surface area contributed by atoms with Crippen molar-refractivity contribution in [3.8, 4) is 5.75 Å². The Morgan fingerprint density at radius 2 is 1.85 bits per heavy atom. The third kappa shape index (κ3) is 6.06. The van der Waals surface area contributed by atoms with E-state index in [0.717, 1.165) is 26.1 Å². The highest BCUT2D eigenvalue weighted by atomic mass is 35.5. The van der Waals surface area contributed by atoms with E-state index in [4.69, 9.17) is 16.3 Å². The van der Waals surface area contributed by atoms with Gasteiger partial charge in [-0.3, -0.25) is 9.59 Å². The number of benzene rings is 2. The van der Waals surface area contributed by atoms with Crippen LogP contribution in [0.5, 0.6) is 5.75 Å². The zero-order valence-corrected chi connectivity index (χ0v) is 20.6. The summed E-state index contributed by atoms with van der Waals surface area (Å²) in [5, 5.41) is 3.47. The lowest BCUT2D eigenvalue weighted by atomic mass is 10.0. The second kappa shape index (κ2) is 11.5. The Morgan fingerprint density at radius 3 is 2.48 bits per heavy atom. The molecular weight excluding hydrogens is 438 g/mol. The van der Waals surface area contributed by atoms with E-state index in [0.29, 0.717) is 28.6 Å². The number of halogens is 1. The van der Waals surface area contributed by atoms with Gasteiger partial charge in [-0.2, -0.15) is 0 Å². The number of anilines is 1. The molecule has 2 unspecified atom stereocenters. The number of nitrogens with one attached hydrogen (secondary N) is 1. The lowest BCUT2D eigenvalue weighted by molar-refractivity contribution is -0.145. The molecule has 0 fully saturated rings. The number of rotatable bonds is 9. The summed E-state index contributed by atoms with van der Waals surface area (Å²) in [6, 6.07) is 13.6. The molecule has 1 aliphatic heterocycles. The number of para-hydroxylation sites is 1. The van der Waals surface area contributed by atoms with Crippen LogP contribution >= 0.6 is 11.6 Å². The largest absolute Gasteiger partial charge is 0.480 e. The fourth-order valence-corrected chi connectivity index (χ4v) is 4.35. The zero-order chi connectivity index (χ0) is 24.0. The van der Waals surface area contributed by atoms with E-state index in [-0.39, 0.29) is 17.7 Å². The SMILES string of the molecule is CCN(CC)CCCN1C(=O)C(C(C)C)Oc2ccc(Cl)cc2C1C(=O)Nc1ccccc1. The Hall–Kier alpha value is -2.57. The predicted molar refractivity (Wildman–Crippen MR) is 133 cm³/mol. The van der Waals surface area contributed by atoms with Crippen LogP contribution in [-0.4, -0.2) is 53.9 Å². The third-order valence-corrected chi connectivity index (χ3v) is 6.26. The van der Waals surface area contributed by atoms with Gasteiger partial charge in [0.2, 0.25) is 0 Å². The first-order chi connectivity index (χ1) is 15.8. The molecule has 2 amide bonds. The Kier molecular flexibility index (Phi) is 8.75. The maximum atomic E-state index is 13.7. The van der Waals surface area contributed by atoms with Crippen molar-refractivity contribution in [2.45, 2.75) is 46.3 Å². The first kappa shape index (κ1) is 25.1. The van der Waals surface area contributed by atoms with Gasteiger partial charge in [0.15, 0.2) is 6.10 Å². The maximum absolute atomic E-state index is 13.7. The van der Waals surface area contributed by atoms with E-state index in [1.807, 2.05) is 44.2 Å². The molecular formula is C26H34ClN3O3. The molecule has 3 rings (SSSR count). The fraction of sp³-hybridized carbons (Fsp3) is 0.462. The number of hydrogen-bond donors (Lipinski definition) is 1. The van der Waals surface area contributed by atoms with Gasteiger partial charge in [0.1, 0.15) is 11.8 Å². The molecule has 6 nitrogen and oxygen atoms in total. The molecule has 2 aromatic rings. The summed E-state index contributed by atoms with van der Waals surface area (Å²) in [5.74, 6) is 0.00661. The first-order valence-electron chi connectivity index (χ1n) is 11.7. The van der Waals surface area contributed by atoms with Crippen molar-refractivity contribution in [1.82, 2.24) is 9.80 Å². The molecule has 178 valence electrons. The zero-order valence-electron chi connectivity index (χ0n) is 19.9. The van der Waals surface area contributed by atoms with Crippen molar-refractivity contribution in [2.24, 2.45) is 5.92 Å². The van der Waals surface area contributed by atoms with Crippen molar-refractivity contribution in [3.05, 3.63) is 59.1 Å². The fourth-order valence-electron chi connectivity index (χ4n) is 4.17. The Labute approximate surface area is 201 Å². The normalized spacial score (nSPS) is 18.2. The summed E-state index contributed by atoms with van der Waals surface area (Å²) in [6.07, 6.45) is 0.0800. The Balaban J connectivity index is 2.00. The summed E-state index contributed by atoms with van der Waals surface area (Å²) in [4.78, 5) is 31.3. The van der Waals surface area contributed by atoms with E-state index in [2.05, 4.69) is 24.1 Å². The Bertz CT molecular complexity index is 947. The van der Waals surface area contributed by atoms with Crippen LogP contribution in [0.15, 0.2) is 48.5 Å². The van der Waals surface area contributed by atoms with E-state index in [1.165, 1.54) is 0 Å². The highest BCUT2D eigenvalue weighted by molar-refractivity contribution is 6.30. The number of nitrogens with zero attached hydrogens (tertiary/aromatic N) is 2. The maximum Gasteiger partial charge on any atom is 0.264 e. The van der Waals surface area contributed by atoms with Crippen LogP contribution in [0.4, 0.5) is 5.69 Å². The van der Waals surface area contributed by atoms with E-state index in [1.54, 1.807) is 23.1 Å². The van der Waals surface area contributed by atoms with Crippen LogP contribution in [-0.2, 0) is 9.59 Å². The molecule has 0 bridgehead atoms. The molecule has 1 heterocycles. The molecule has 1 aliphatic rings. The monoisotopic (exact) mass is 471 g/mol. The smallest absolute Gasteiger partial charge is 0.264 e. The first-order valence-corrected chi connectivity index (χ1v) is 12.1. The predicted octanol–water partition coefficient (Wildman–Crippen LogP) is 5.00. The number of fused-ring (bicyclic) bond motifs is 1. The van der Waals surface area contributed by atoms with Gasteiger partial charge in [-0.15, -0.1) is 0 Å². The Morgan fingerprint density at radius 1 is 1.15 bits per heavy atom. The van der Waals surface area contributed by atoms with Crippen LogP contribution in [0, 0.1) is 5.92 Å². The van der Waals surface area contributed by atoms with Crippen molar-refractivity contribution in [1.29, 1.82) is 0 Å². The van der Waals surface area contributed by atoms with Crippen LogP contribution in [0.3, 0.4) is 0 Å². The molecule has 0 radical (unpaired) electrons. The van der Waals surface area contributed by atoms with Gasteiger partial charge in [0.25, 0.3) is 11.8 Å². The number of amides is 2. The molecule has 2 atom stereocenters. The lowest BCUT2D eigenvalue weighted by Crippen LogP contribution is -2.47.